The minimum Gasteiger partial charge on any atom is -0.538 e. The maximum Gasteiger partial charge on any atom is 0.249 e. The van der Waals surface area contributed by atoms with Crippen molar-refractivity contribution in [1.82, 2.24) is 0 Å². The lowest BCUT2D eigenvalue weighted by molar-refractivity contribution is -0.131. The highest BCUT2D eigenvalue weighted by Crippen LogP contribution is 2.39. The summed E-state index contributed by atoms with van der Waals surface area (Å²) >= 11 is 5.77. The van der Waals surface area contributed by atoms with Gasteiger partial charge in [0.25, 0.3) is 0 Å². The molecule has 0 aliphatic carbocycles. The van der Waals surface area contributed by atoms with E-state index in [-0.39, 0.29) is 22.4 Å². The predicted molar refractivity (Wildman–Crippen MR) is 80.5 cm³/mol. The Kier molecular flexibility index (Phi) is 3.80. The van der Waals surface area contributed by atoms with Crippen LogP contribution in [0.15, 0.2) is 29.8 Å². The fourth-order valence-corrected chi connectivity index (χ4v) is 3.01. The van der Waals surface area contributed by atoms with Gasteiger partial charge in [0.2, 0.25) is 25.7 Å². The first kappa shape index (κ1) is 15.8. The average Bonchev–Trinajstić information content (AvgIpc) is 2.56. The third-order valence-corrected chi connectivity index (χ3v) is 4.16. The van der Waals surface area contributed by atoms with Crippen LogP contribution in [-0.2, 0) is 19.6 Å². The van der Waals surface area contributed by atoms with E-state index in [1.807, 2.05) is 19.6 Å². The van der Waals surface area contributed by atoms with Gasteiger partial charge in [0.1, 0.15) is 5.82 Å². The number of rotatable bonds is 3. The number of ether oxygens (including phenoxy) is 1. The van der Waals surface area contributed by atoms with E-state index < -0.39 is 19.7 Å². The molecule has 4 nitrogen and oxygen atoms in total. The SMILES string of the molecule is CC1(c2ccc(F)c(Cl)c2)OC(N)=C(O[Si](C)(C)C)C1=O. The fourth-order valence-electron chi connectivity index (χ4n) is 2.03. The number of hydrogen-bond acceptors (Lipinski definition) is 4. The summed E-state index contributed by atoms with van der Waals surface area (Å²) in [5.74, 6) is -0.957. The van der Waals surface area contributed by atoms with Gasteiger partial charge in [0.15, 0.2) is 5.60 Å². The number of halogens is 2. The van der Waals surface area contributed by atoms with Crippen molar-refractivity contribution in [2.24, 2.45) is 5.73 Å². The predicted octanol–water partition coefficient (Wildman–Crippen LogP) is 3.27. The van der Waals surface area contributed by atoms with Crippen LogP contribution in [0, 0.1) is 5.82 Å². The summed E-state index contributed by atoms with van der Waals surface area (Å²) in [6.45, 7) is 7.37. The molecule has 1 aromatic rings. The van der Waals surface area contributed by atoms with Gasteiger partial charge < -0.3 is 14.9 Å². The molecule has 0 amide bonds. The summed E-state index contributed by atoms with van der Waals surface area (Å²) in [6.07, 6.45) is 0. The molecule has 7 heteroatoms. The minimum absolute atomic E-state index is 0.0390. The molecule has 0 saturated carbocycles. The van der Waals surface area contributed by atoms with E-state index in [2.05, 4.69) is 0 Å². The minimum atomic E-state index is -2.01. The lowest BCUT2D eigenvalue weighted by atomic mass is 9.91. The van der Waals surface area contributed by atoms with Gasteiger partial charge in [-0.05, 0) is 38.7 Å². The van der Waals surface area contributed by atoms with Gasteiger partial charge in [0, 0.05) is 5.56 Å². The Morgan fingerprint density at radius 2 is 2.00 bits per heavy atom. The standard InChI is InChI=1S/C14H17ClFNO3Si/c1-14(8-5-6-10(16)9(15)7-8)12(18)11(13(17)19-14)20-21(2,3)4/h5-7H,17H2,1-4H3. The first-order chi connectivity index (χ1) is 9.54. The van der Waals surface area contributed by atoms with Crippen LogP contribution in [-0.4, -0.2) is 14.1 Å². The molecule has 0 aromatic heterocycles. The molecule has 0 spiro atoms. The molecule has 1 heterocycles. The second kappa shape index (κ2) is 5.03. The van der Waals surface area contributed by atoms with Crippen LogP contribution in [0.1, 0.15) is 12.5 Å². The Bertz CT molecular complexity index is 642. The van der Waals surface area contributed by atoms with Gasteiger partial charge in [0.05, 0.1) is 5.02 Å². The zero-order valence-corrected chi connectivity index (χ0v) is 14.0. The Morgan fingerprint density at radius 1 is 1.38 bits per heavy atom. The number of carbonyl (C=O) groups is 1. The smallest absolute Gasteiger partial charge is 0.249 e. The van der Waals surface area contributed by atoms with Gasteiger partial charge in [-0.25, -0.2) is 4.39 Å². The Balaban J connectivity index is 2.39. The van der Waals surface area contributed by atoms with E-state index in [1.54, 1.807) is 6.92 Å². The molecule has 2 N–H and O–H groups in total. The second-order valence-electron chi connectivity index (χ2n) is 6.00. The molecule has 1 unspecified atom stereocenters. The van der Waals surface area contributed by atoms with Crippen LogP contribution in [0.3, 0.4) is 0 Å². The first-order valence-electron chi connectivity index (χ1n) is 6.43. The van der Waals surface area contributed by atoms with Gasteiger partial charge in [-0.3, -0.25) is 4.79 Å². The highest BCUT2D eigenvalue weighted by Gasteiger charge is 2.49. The van der Waals surface area contributed by atoms with Crippen LogP contribution < -0.4 is 5.73 Å². The Hall–Kier alpha value is -1.53. The van der Waals surface area contributed by atoms with E-state index in [0.29, 0.717) is 5.56 Å². The van der Waals surface area contributed by atoms with Gasteiger partial charge in [-0.1, -0.05) is 17.7 Å². The molecule has 2 rings (SSSR count). The van der Waals surface area contributed by atoms with E-state index in [1.165, 1.54) is 18.2 Å². The average molecular weight is 330 g/mol. The summed E-state index contributed by atoms with van der Waals surface area (Å²) in [5.41, 5.74) is 4.86. The van der Waals surface area contributed by atoms with Crippen molar-refractivity contribution in [2.75, 3.05) is 0 Å². The highest BCUT2D eigenvalue weighted by atomic mass is 35.5. The lowest BCUT2D eigenvalue weighted by Gasteiger charge is -2.24. The van der Waals surface area contributed by atoms with Crippen LogP contribution in [0.4, 0.5) is 4.39 Å². The third-order valence-electron chi connectivity index (χ3n) is 3.06. The van der Waals surface area contributed by atoms with Crippen LogP contribution in [0.25, 0.3) is 0 Å². The van der Waals surface area contributed by atoms with Crippen molar-refractivity contribution in [3.8, 4) is 0 Å². The van der Waals surface area contributed by atoms with Crippen LogP contribution in [0.5, 0.6) is 0 Å². The Labute approximate surface area is 128 Å². The molecule has 0 fully saturated rings. The largest absolute Gasteiger partial charge is 0.538 e. The number of benzene rings is 1. The zero-order chi connectivity index (χ0) is 16.0. The molecule has 1 aliphatic rings. The van der Waals surface area contributed by atoms with Crippen molar-refractivity contribution in [2.45, 2.75) is 32.2 Å². The van der Waals surface area contributed by atoms with E-state index in [9.17, 15) is 9.18 Å². The van der Waals surface area contributed by atoms with Crippen LogP contribution in [0.2, 0.25) is 24.7 Å². The van der Waals surface area contributed by atoms with Gasteiger partial charge in [-0.2, -0.15) is 0 Å². The van der Waals surface area contributed by atoms with E-state index in [0.717, 1.165) is 0 Å². The highest BCUT2D eigenvalue weighted by molar-refractivity contribution is 6.70. The summed E-state index contributed by atoms with van der Waals surface area (Å²) in [4.78, 5) is 12.6. The zero-order valence-electron chi connectivity index (χ0n) is 12.3. The summed E-state index contributed by atoms with van der Waals surface area (Å²) in [7, 11) is -2.01. The lowest BCUT2D eigenvalue weighted by Crippen LogP contribution is -2.34. The number of ketones is 1. The molecule has 0 bridgehead atoms. The Morgan fingerprint density at radius 3 is 2.52 bits per heavy atom. The fraction of sp³-hybridized carbons (Fsp3) is 0.357. The number of hydrogen-bond donors (Lipinski definition) is 1. The molecule has 0 saturated heterocycles. The quantitative estimate of drug-likeness (QED) is 0.864. The van der Waals surface area contributed by atoms with Crippen molar-refractivity contribution >= 4 is 25.7 Å². The molecule has 21 heavy (non-hydrogen) atoms. The summed E-state index contributed by atoms with van der Waals surface area (Å²) < 4.78 is 24.5. The van der Waals surface area contributed by atoms with E-state index in [4.69, 9.17) is 26.5 Å². The maximum absolute atomic E-state index is 13.3. The monoisotopic (exact) mass is 329 g/mol. The molecule has 1 aromatic carbocycles. The van der Waals surface area contributed by atoms with Crippen molar-refractivity contribution < 1.29 is 18.3 Å². The molecule has 1 atom stereocenters. The molecule has 114 valence electrons. The molecule has 0 radical (unpaired) electrons. The number of nitrogens with two attached hydrogens (primary N) is 1. The first-order valence-corrected chi connectivity index (χ1v) is 10.2. The van der Waals surface area contributed by atoms with Crippen molar-refractivity contribution in [3.05, 3.63) is 46.2 Å². The number of carbonyl (C=O) groups excluding carboxylic acids is 1. The third kappa shape index (κ3) is 2.91. The van der Waals surface area contributed by atoms with E-state index >= 15 is 0 Å². The summed E-state index contributed by atoms with van der Waals surface area (Å²) in [6, 6.07) is 4.00. The number of Topliss-reactive ketones (excluding diaryl/α,β-unsaturated/α-hetero) is 1. The van der Waals surface area contributed by atoms with Crippen molar-refractivity contribution in [1.29, 1.82) is 0 Å². The second-order valence-corrected chi connectivity index (χ2v) is 10.8. The van der Waals surface area contributed by atoms with Crippen molar-refractivity contribution in [3.63, 3.8) is 0 Å². The van der Waals surface area contributed by atoms with Gasteiger partial charge >= 0.3 is 0 Å². The van der Waals surface area contributed by atoms with Crippen LogP contribution >= 0.6 is 11.6 Å². The topological polar surface area (TPSA) is 61.6 Å². The summed E-state index contributed by atoms with van der Waals surface area (Å²) in [5, 5.41) is -0.0803. The maximum atomic E-state index is 13.3. The molecular formula is C14H17ClFNO3Si. The van der Waals surface area contributed by atoms with Gasteiger partial charge in [-0.15, -0.1) is 0 Å². The molecular weight excluding hydrogens is 313 g/mol. The normalized spacial score (nSPS) is 22.5. The molecule has 1 aliphatic heterocycles.